The molecule has 1 aromatic rings. The van der Waals surface area contributed by atoms with E-state index >= 15 is 0 Å². The predicted octanol–water partition coefficient (Wildman–Crippen LogP) is 3.09. The minimum atomic E-state index is -0.452. The van der Waals surface area contributed by atoms with Crippen molar-refractivity contribution < 1.29 is 4.39 Å². The Labute approximate surface area is 87.8 Å². The van der Waals surface area contributed by atoms with Crippen molar-refractivity contribution in [1.29, 1.82) is 0 Å². The quantitative estimate of drug-likeness (QED) is 0.764. The van der Waals surface area contributed by atoms with E-state index in [-0.39, 0.29) is 23.5 Å². The van der Waals surface area contributed by atoms with Gasteiger partial charge in [0.2, 0.25) is 0 Å². The van der Waals surface area contributed by atoms with E-state index in [0.717, 1.165) is 0 Å². The summed E-state index contributed by atoms with van der Waals surface area (Å²) >= 11 is 5.49. The van der Waals surface area contributed by atoms with Crippen LogP contribution in [-0.4, -0.2) is 0 Å². The summed E-state index contributed by atoms with van der Waals surface area (Å²) in [7, 11) is 0. The highest BCUT2D eigenvalue weighted by Crippen LogP contribution is 2.19. The second-order valence-corrected chi connectivity index (χ2v) is 2.84. The van der Waals surface area contributed by atoms with Gasteiger partial charge in [-0.1, -0.05) is 23.7 Å². The Kier molecular flexibility index (Phi) is 4.99. The van der Waals surface area contributed by atoms with Gasteiger partial charge in [-0.3, -0.25) is 0 Å². The van der Waals surface area contributed by atoms with Crippen LogP contribution >= 0.6 is 24.0 Å². The summed E-state index contributed by atoms with van der Waals surface area (Å²) in [5.74, 6) is -0.452. The maximum Gasteiger partial charge on any atom is 0.142 e. The monoisotopic (exact) mass is 221 g/mol. The van der Waals surface area contributed by atoms with Crippen molar-refractivity contribution in [3.05, 3.63) is 47.3 Å². The highest BCUT2D eigenvalue weighted by Gasteiger charge is 2.04. The van der Waals surface area contributed by atoms with E-state index < -0.39 is 5.82 Å². The fourth-order valence-electron chi connectivity index (χ4n) is 0.856. The van der Waals surface area contributed by atoms with Gasteiger partial charge in [0.15, 0.2) is 0 Å². The molecule has 0 saturated heterocycles. The number of benzene rings is 1. The van der Waals surface area contributed by atoms with Crippen LogP contribution < -0.4 is 5.73 Å². The first-order valence-electron chi connectivity index (χ1n) is 3.48. The van der Waals surface area contributed by atoms with Crippen molar-refractivity contribution in [2.75, 3.05) is 0 Å². The van der Waals surface area contributed by atoms with Crippen LogP contribution in [0, 0.1) is 5.82 Å². The number of hydrogen-bond donors (Lipinski definition) is 1. The summed E-state index contributed by atoms with van der Waals surface area (Å²) in [4.78, 5) is 0. The Morgan fingerprint density at radius 1 is 1.54 bits per heavy atom. The van der Waals surface area contributed by atoms with E-state index in [1.54, 1.807) is 12.1 Å². The first kappa shape index (κ1) is 12.4. The first-order chi connectivity index (χ1) is 5.65. The number of halogens is 3. The van der Waals surface area contributed by atoms with Crippen molar-refractivity contribution in [2.45, 2.75) is 6.04 Å². The van der Waals surface area contributed by atoms with E-state index in [9.17, 15) is 4.39 Å². The van der Waals surface area contributed by atoms with Gasteiger partial charge in [0.1, 0.15) is 5.82 Å². The van der Waals surface area contributed by atoms with Crippen LogP contribution in [0.4, 0.5) is 4.39 Å². The summed E-state index contributed by atoms with van der Waals surface area (Å²) in [5, 5.41) is 0.106. The van der Waals surface area contributed by atoms with E-state index in [1.165, 1.54) is 12.1 Å². The zero-order chi connectivity index (χ0) is 9.14. The molecule has 0 aliphatic heterocycles. The molecule has 0 amide bonds. The predicted molar refractivity (Wildman–Crippen MR) is 55.8 cm³/mol. The fraction of sp³-hybridized carbons (Fsp3) is 0.111. The zero-order valence-corrected chi connectivity index (χ0v) is 8.41. The molecule has 0 heterocycles. The van der Waals surface area contributed by atoms with Gasteiger partial charge >= 0.3 is 0 Å². The fourth-order valence-corrected chi connectivity index (χ4v) is 0.973. The smallest absolute Gasteiger partial charge is 0.142 e. The molecular weight excluding hydrogens is 212 g/mol. The van der Waals surface area contributed by atoms with E-state index in [2.05, 4.69) is 6.58 Å². The topological polar surface area (TPSA) is 26.0 Å². The van der Waals surface area contributed by atoms with E-state index in [0.29, 0.717) is 5.56 Å². The second kappa shape index (κ2) is 5.22. The molecule has 1 rings (SSSR count). The van der Waals surface area contributed by atoms with Gasteiger partial charge in [0, 0.05) is 6.04 Å². The largest absolute Gasteiger partial charge is 0.321 e. The third-order valence-electron chi connectivity index (χ3n) is 1.58. The van der Waals surface area contributed by atoms with E-state index in [4.69, 9.17) is 17.3 Å². The highest BCUT2D eigenvalue weighted by molar-refractivity contribution is 6.30. The van der Waals surface area contributed by atoms with Crippen LogP contribution in [0.15, 0.2) is 30.9 Å². The minimum Gasteiger partial charge on any atom is -0.321 e. The normalized spacial score (nSPS) is 11.6. The molecule has 13 heavy (non-hydrogen) atoms. The van der Waals surface area contributed by atoms with Crippen LogP contribution in [0.2, 0.25) is 5.02 Å². The van der Waals surface area contributed by atoms with Crippen molar-refractivity contribution in [3.63, 3.8) is 0 Å². The van der Waals surface area contributed by atoms with Crippen molar-refractivity contribution in [3.8, 4) is 0 Å². The standard InChI is InChI=1S/C9H9ClFN.ClH/c1-2-9(12)6-3-4-7(10)8(11)5-6;/h2-5,9H,1,12H2;1H. The van der Waals surface area contributed by atoms with Crippen molar-refractivity contribution in [2.24, 2.45) is 5.73 Å². The van der Waals surface area contributed by atoms with Crippen molar-refractivity contribution >= 4 is 24.0 Å². The summed E-state index contributed by atoms with van der Waals surface area (Å²) in [6, 6.07) is 4.14. The van der Waals surface area contributed by atoms with Crippen LogP contribution in [0.25, 0.3) is 0 Å². The molecule has 0 fully saturated rings. The molecular formula is C9H10Cl2FN. The third kappa shape index (κ3) is 2.99. The molecule has 1 unspecified atom stereocenters. The molecule has 0 aromatic heterocycles. The Morgan fingerprint density at radius 3 is 2.62 bits per heavy atom. The van der Waals surface area contributed by atoms with Gasteiger partial charge in [-0.2, -0.15) is 0 Å². The van der Waals surface area contributed by atoms with E-state index in [1.807, 2.05) is 0 Å². The molecule has 0 aliphatic carbocycles. The molecule has 4 heteroatoms. The maximum atomic E-state index is 12.9. The maximum absolute atomic E-state index is 12.9. The molecule has 0 aliphatic rings. The summed E-state index contributed by atoms with van der Waals surface area (Å²) in [5.41, 5.74) is 6.26. The Bertz CT molecular complexity index is 302. The summed E-state index contributed by atoms with van der Waals surface area (Å²) in [6.07, 6.45) is 1.54. The minimum absolute atomic E-state index is 0. The average molecular weight is 222 g/mol. The third-order valence-corrected chi connectivity index (χ3v) is 1.89. The molecule has 72 valence electrons. The first-order valence-corrected chi connectivity index (χ1v) is 3.86. The van der Waals surface area contributed by atoms with Crippen LogP contribution in [-0.2, 0) is 0 Å². The van der Waals surface area contributed by atoms with Gasteiger partial charge in [0.25, 0.3) is 0 Å². The summed E-state index contributed by atoms with van der Waals surface area (Å²) < 4.78 is 12.9. The SMILES string of the molecule is C=CC(N)c1ccc(Cl)c(F)c1.Cl. The van der Waals surface area contributed by atoms with Gasteiger partial charge in [-0.05, 0) is 17.7 Å². The van der Waals surface area contributed by atoms with Crippen LogP contribution in [0.5, 0.6) is 0 Å². The average Bonchev–Trinajstić information content (AvgIpc) is 2.08. The lowest BCUT2D eigenvalue weighted by molar-refractivity contribution is 0.624. The molecule has 0 saturated carbocycles. The lowest BCUT2D eigenvalue weighted by Crippen LogP contribution is -2.06. The lowest BCUT2D eigenvalue weighted by Gasteiger charge is -2.06. The molecule has 1 atom stereocenters. The van der Waals surface area contributed by atoms with Gasteiger partial charge in [-0.15, -0.1) is 19.0 Å². The van der Waals surface area contributed by atoms with Crippen LogP contribution in [0.3, 0.4) is 0 Å². The number of rotatable bonds is 2. The van der Waals surface area contributed by atoms with Gasteiger partial charge < -0.3 is 5.73 Å². The Balaban J connectivity index is 0.00000144. The summed E-state index contributed by atoms with van der Waals surface area (Å²) in [6.45, 7) is 3.51. The molecule has 0 radical (unpaired) electrons. The molecule has 1 aromatic carbocycles. The second-order valence-electron chi connectivity index (χ2n) is 2.44. The molecule has 0 bridgehead atoms. The number of nitrogens with two attached hydrogens (primary N) is 1. The zero-order valence-electron chi connectivity index (χ0n) is 6.84. The molecule has 1 nitrogen and oxygen atoms in total. The van der Waals surface area contributed by atoms with Crippen LogP contribution in [0.1, 0.15) is 11.6 Å². The number of hydrogen-bond acceptors (Lipinski definition) is 1. The van der Waals surface area contributed by atoms with Gasteiger partial charge in [-0.25, -0.2) is 4.39 Å². The Hall–Kier alpha value is -0.570. The van der Waals surface area contributed by atoms with Gasteiger partial charge in [0.05, 0.1) is 5.02 Å². The van der Waals surface area contributed by atoms with Crippen molar-refractivity contribution in [1.82, 2.24) is 0 Å². The molecule has 2 N–H and O–H groups in total. The molecule has 0 spiro atoms. The lowest BCUT2D eigenvalue weighted by atomic mass is 10.1. The highest BCUT2D eigenvalue weighted by atomic mass is 35.5. The Morgan fingerprint density at radius 2 is 2.15 bits per heavy atom.